The summed E-state index contributed by atoms with van der Waals surface area (Å²) < 4.78 is 10.0. The Morgan fingerprint density at radius 3 is 3.05 bits per heavy atom. The molecule has 2 rings (SSSR count). The SMILES string of the molecule is CCOC(=O)c1coc(NCc2ncccc2CC)n1. The number of rotatable bonds is 6. The third kappa shape index (κ3) is 3.34. The van der Waals surface area contributed by atoms with Gasteiger partial charge in [-0.2, -0.15) is 4.98 Å². The number of carbonyl (C=O) groups is 1. The summed E-state index contributed by atoms with van der Waals surface area (Å²) in [5, 5.41) is 3.00. The van der Waals surface area contributed by atoms with Crippen molar-refractivity contribution in [2.45, 2.75) is 26.8 Å². The number of anilines is 1. The molecule has 0 amide bonds. The van der Waals surface area contributed by atoms with Gasteiger partial charge < -0.3 is 14.5 Å². The Morgan fingerprint density at radius 2 is 2.30 bits per heavy atom. The summed E-state index contributed by atoms with van der Waals surface area (Å²) in [5.41, 5.74) is 2.26. The summed E-state index contributed by atoms with van der Waals surface area (Å²) in [6.45, 7) is 4.62. The molecule has 2 aromatic rings. The van der Waals surface area contributed by atoms with Crippen LogP contribution in [0.3, 0.4) is 0 Å². The zero-order valence-electron chi connectivity index (χ0n) is 11.5. The Bertz CT molecular complexity index is 581. The fourth-order valence-electron chi connectivity index (χ4n) is 1.77. The smallest absolute Gasteiger partial charge is 0.360 e. The first kappa shape index (κ1) is 14.0. The summed E-state index contributed by atoms with van der Waals surface area (Å²) in [5.74, 6) is -0.489. The standard InChI is InChI=1S/C14H17N3O3/c1-3-10-6-5-7-15-11(10)8-16-14-17-12(9-20-14)13(18)19-4-2/h5-7,9H,3-4,8H2,1-2H3,(H,16,17). The van der Waals surface area contributed by atoms with Gasteiger partial charge in [0.05, 0.1) is 18.8 Å². The molecule has 0 fully saturated rings. The molecular formula is C14H17N3O3. The van der Waals surface area contributed by atoms with Gasteiger partial charge in [0.1, 0.15) is 6.26 Å². The van der Waals surface area contributed by atoms with Gasteiger partial charge in [-0.3, -0.25) is 4.98 Å². The van der Waals surface area contributed by atoms with E-state index in [1.54, 1.807) is 13.1 Å². The lowest BCUT2D eigenvalue weighted by atomic mass is 10.1. The van der Waals surface area contributed by atoms with Crippen molar-refractivity contribution in [3.05, 3.63) is 41.5 Å². The summed E-state index contributed by atoms with van der Waals surface area (Å²) in [7, 11) is 0. The number of esters is 1. The minimum absolute atomic E-state index is 0.158. The van der Waals surface area contributed by atoms with Crippen LogP contribution in [0.15, 0.2) is 29.0 Å². The van der Waals surface area contributed by atoms with E-state index >= 15 is 0 Å². The molecule has 0 bridgehead atoms. The second-order valence-electron chi connectivity index (χ2n) is 4.07. The van der Waals surface area contributed by atoms with E-state index < -0.39 is 5.97 Å². The van der Waals surface area contributed by atoms with Crippen LogP contribution in [-0.2, 0) is 17.7 Å². The number of nitrogens with zero attached hydrogens (tertiary/aromatic N) is 2. The van der Waals surface area contributed by atoms with Crippen LogP contribution in [0.2, 0.25) is 0 Å². The number of ether oxygens (including phenoxy) is 1. The normalized spacial score (nSPS) is 10.3. The maximum absolute atomic E-state index is 11.4. The molecule has 0 spiro atoms. The maximum Gasteiger partial charge on any atom is 0.360 e. The zero-order valence-corrected chi connectivity index (χ0v) is 11.5. The van der Waals surface area contributed by atoms with Gasteiger partial charge in [-0.15, -0.1) is 0 Å². The lowest BCUT2D eigenvalue weighted by Crippen LogP contribution is -2.07. The number of hydrogen-bond acceptors (Lipinski definition) is 6. The molecule has 0 atom stereocenters. The van der Waals surface area contributed by atoms with E-state index in [2.05, 4.69) is 22.2 Å². The van der Waals surface area contributed by atoms with E-state index in [4.69, 9.17) is 9.15 Å². The molecule has 2 aromatic heterocycles. The predicted octanol–water partition coefficient (Wildman–Crippen LogP) is 2.42. The molecule has 2 heterocycles. The number of aryl methyl sites for hydroxylation is 1. The first-order valence-corrected chi connectivity index (χ1v) is 6.53. The summed E-state index contributed by atoms with van der Waals surface area (Å²) in [6, 6.07) is 4.22. The Kier molecular flexibility index (Phi) is 4.70. The van der Waals surface area contributed by atoms with Crippen molar-refractivity contribution < 1.29 is 13.9 Å². The lowest BCUT2D eigenvalue weighted by molar-refractivity contribution is 0.0519. The minimum atomic E-state index is -0.489. The van der Waals surface area contributed by atoms with Gasteiger partial charge in [-0.25, -0.2) is 4.79 Å². The van der Waals surface area contributed by atoms with Crippen molar-refractivity contribution in [3.8, 4) is 0 Å². The number of carbonyl (C=O) groups excluding carboxylic acids is 1. The highest BCUT2D eigenvalue weighted by molar-refractivity contribution is 5.87. The number of nitrogens with one attached hydrogen (secondary N) is 1. The third-order valence-electron chi connectivity index (χ3n) is 2.76. The highest BCUT2D eigenvalue weighted by atomic mass is 16.5. The van der Waals surface area contributed by atoms with Gasteiger partial charge in [0.25, 0.3) is 6.01 Å². The second kappa shape index (κ2) is 6.70. The van der Waals surface area contributed by atoms with Gasteiger partial charge in [-0.05, 0) is 25.0 Å². The molecule has 106 valence electrons. The molecule has 6 nitrogen and oxygen atoms in total. The molecule has 0 aliphatic heterocycles. The molecular weight excluding hydrogens is 258 g/mol. The van der Waals surface area contributed by atoms with Gasteiger partial charge in [0.2, 0.25) is 0 Å². The van der Waals surface area contributed by atoms with E-state index in [9.17, 15) is 4.79 Å². The quantitative estimate of drug-likeness (QED) is 0.816. The molecule has 0 saturated carbocycles. The molecule has 0 saturated heterocycles. The zero-order chi connectivity index (χ0) is 14.4. The molecule has 20 heavy (non-hydrogen) atoms. The fourth-order valence-corrected chi connectivity index (χ4v) is 1.77. The topological polar surface area (TPSA) is 77.2 Å². The van der Waals surface area contributed by atoms with Gasteiger partial charge in [-0.1, -0.05) is 13.0 Å². The third-order valence-corrected chi connectivity index (χ3v) is 2.76. The van der Waals surface area contributed by atoms with Crippen molar-refractivity contribution in [1.82, 2.24) is 9.97 Å². The number of pyridine rings is 1. The first-order valence-electron chi connectivity index (χ1n) is 6.53. The van der Waals surface area contributed by atoms with Crippen LogP contribution in [0.1, 0.15) is 35.6 Å². The Hall–Kier alpha value is -2.37. The predicted molar refractivity (Wildman–Crippen MR) is 73.4 cm³/mol. The monoisotopic (exact) mass is 275 g/mol. The van der Waals surface area contributed by atoms with Gasteiger partial charge in [0.15, 0.2) is 5.69 Å². The molecule has 0 aliphatic rings. The van der Waals surface area contributed by atoms with E-state index in [1.807, 2.05) is 12.1 Å². The molecule has 0 aromatic carbocycles. The van der Waals surface area contributed by atoms with Crippen LogP contribution in [0.25, 0.3) is 0 Å². The van der Waals surface area contributed by atoms with E-state index in [0.717, 1.165) is 17.7 Å². The average Bonchev–Trinajstić information content (AvgIpc) is 2.94. The Balaban J connectivity index is 1.99. The van der Waals surface area contributed by atoms with Crippen LogP contribution in [0.4, 0.5) is 6.01 Å². The largest absolute Gasteiger partial charge is 0.461 e. The average molecular weight is 275 g/mol. The van der Waals surface area contributed by atoms with Gasteiger partial charge >= 0.3 is 5.97 Å². The molecule has 1 N–H and O–H groups in total. The highest BCUT2D eigenvalue weighted by Gasteiger charge is 2.13. The summed E-state index contributed by atoms with van der Waals surface area (Å²) in [4.78, 5) is 19.8. The van der Waals surface area contributed by atoms with Crippen molar-refractivity contribution in [2.24, 2.45) is 0 Å². The second-order valence-corrected chi connectivity index (χ2v) is 4.07. The van der Waals surface area contributed by atoms with Crippen LogP contribution < -0.4 is 5.32 Å². The number of aromatic nitrogens is 2. The van der Waals surface area contributed by atoms with Crippen LogP contribution >= 0.6 is 0 Å². The van der Waals surface area contributed by atoms with Crippen LogP contribution in [-0.4, -0.2) is 22.5 Å². The first-order chi connectivity index (χ1) is 9.74. The van der Waals surface area contributed by atoms with Crippen LogP contribution in [0.5, 0.6) is 0 Å². The highest BCUT2D eigenvalue weighted by Crippen LogP contribution is 2.12. The fraction of sp³-hybridized carbons (Fsp3) is 0.357. The van der Waals surface area contributed by atoms with Crippen molar-refractivity contribution in [3.63, 3.8) is 0 Å². The van der Waals surface area contributed by atoms with E-state index in [0.29, 0.717) is 13.2 Å². The summed E-state index contributed by atoms with van der Waals surface area (Å²) in [6.07, 6.45) is 3.93. The molecule has 0 aliphatic carbocycles. The van der Waals surface area contributed by atoms with Crippen molar-refractivity contribution >= 4 is 12.0 Å². The molecule has 0 unspecified atom stereocenters. The Morgan fingerprint density at radius 1 is 1.45 bits per heavy atom. The maximum atomic E-state index is 11.4. The van der Waals surface area contributed by atoms with Crippen molar-refractivity contribution in [2.75, 3.05) is 11.9 Å². The van der Waals surface area contributed by atoms with E-state index in [1.165, 1.54) is 6.26 Å². The van der Waals surface area contributed by atoms with E-state index in [-0.39, 0.29) is 11.7 Å². The number of oxazole rings is 1. The molecule has 0 radical (unpaired) electrons. The van der Waals surface area contributed by atoms with Gasteiger partial charge in [0, 0.05) is 6.20 Å². The molecule has 6 heteroatoms. The van der Waals surface area contributed by atoms with Crippen molar-refractivity contribution in [1.29, 1.82) is 0 Å². The Labute approximate surface area is 117 Å². The van der Waals surface area contributed by atoms with Crippen LogP contribution in [0, 0.1) is 0 Å². The number of hydrogen-bond donors (Lipinski definition) is 1. The minimum Gasteiger partial charge on any atom is -0.461 e. The summed E-state index contributed by atoms with van der Waals surface area (Å²) >= 11 is 0. The lowest BCUT2D eigenvalue weighted by Gasteiger charge is -2.06.